The highest BCUT2D eigenvalue weighted by atomic mass is 32.2. The van der Waals surface area contributed by atoms with Gasteiger partial charge in [0.15, 0.2) is 0 Å². The molecule has 0 aliphatic rings. The number of hydrogen-bond acceptors (Lipinski definition) is 8. The zero-order valence-electron chi connectivity index (χ0n) is 28.0. The topological polar surface area (TPSA) is 159 Å². The third kappa shape index (κ3) is 13.1. The molecule has 0 rings (SSSR count). The van der Waals surface area contributed by atoms with E-state index in [4.69, 9.17) is 10.5 Å². The van der Waals surface area contributed by atoms with Crippen molar-refractivity contribution in [3.63, 3.8) is 0 Å². The van der Waals surface area contributed by atoms with Crippen molar-refractivity contribution in [1.29, 1.82) is 0 Å². The van der Waals surface area contributed by atoms with Crippen LogP contribution in [-0.4, -0.2) is 114 Å². The minimum atomic E-state index is -0.968. The Morgan fingerprint density at radius 1 is 0.791 bits per heavy atom. The standard InChI is InChI=1S/C30H55N5O7S/c1-12-13-24(36)33(8)23(16-43-17-25(37)42-11)29(40)35(10)22(15-19(4)5)28(39)32-26(20(6)7)30(41)34(9)21(27(31)38)14-18(2)3/h18-23,26H,12-17H2,1-11H3,(H2,31,38)(H,32,39)/t21-,22-,23+,26-/m0/s1. The van der Waals surface area contributed by atoms with Gasteiger partial charge in [-0.15, -0.1) is 11.8 Å². The first-order chi connectivity index (χ1) is 19.9. The largest absolute Gasteiger partial charge is 0.468 e. The van der Waals surface area contributed by atoms with Gasteiger partial charge in [0.25, 0.3) is 0 Å². The number of methoxy groups -OCH3 is 1. The number of thioether (sulfide) groups is 1. The summed E-state index contributed by atoms with van der Waals surface area (Å²) in [6.07, 6.45) is 1.52. The van der Waals surface area contributed by atoms with E-state index in [9.17, 15) is 28.8 Å². The lowest BCUT2D eigenvalue weighted by Gasteiger charge is -2.36. The Hall–Kier alpha value is -2.83. The number of amides is 5. The maximum Gasteiger partial charge on any atom is 0.315 e. The third-order valence-corrected chi connectivity index (χ3v) is 8.21. The first kappa shape index (κ1) is 40.2. The van der Waals surface area contributed by atoms with E-state index >= 15 is 0 Å². The first-order valence-electron chi connectivity index (χ1n) is 14.9. The minimum Gasteiger partial charge on any atom is -0.468 e. The molecular formula is C30H55N5O7S. The number of carbonyl (C=O) groups is 6. The van der Waals surface area contributed by atoms with Crippen molar-refractivity contribution in [2.24, 2.45) is 23.5 Å². The Labute approximate surface area is 262 Å². The fraction of sp³-hybridized carbons (Fsp3) is 0.800. The molecule has 0 aliphatic carbocycles. The van der Waals surface area contributed by atoms with Gasteiger partial charge in [0.05, 0.1) is 12.9 Å². The van der Waals surface area contributed by atoms with Gasteiger partial charge in [-0.1, -0.05) is 48.5 Å². The lowest BCUT2D eigenvalue weighted by Crippen LogP contribution is -2.60. The molecule has 0 aromatic heterocycles. The highest BCUT2D eigenvalue weighted by Gasteiger charge is 2.38. The molecule has 0 fully saturated rings. The Balaban J connectivity index is 6.24. The number of ether oxygens (including phenoxy) is 1. The Bertz CT molecular complexity index is 959. The van der Waals surface area contributed by atoms with Crippen LogP contribution >= 0.6 is 11.8 Å². The van der Waals surface area contributed by atoms with Crippen LogP contribution in [0.2, 0.25) is 0 Å². The molecule has 0 bridgehead atoms. The van der Waals surface area contributed by atoms with Gasteiger partial charge in [-0.2, -0.15) is 0 Å². The molecule has 5 amide bonds. The number of esters is 1. The average molecular weight is 630 g/mol. The summed E-state index contributed by atoms with van der Waals surface area (Å²) in [6.45, 7) is 13.1. The van der Waals surface area contributed by atoms with Gasteiger partial charge < -0.3 is 30.5 Å². The Morgan fingerprint density at radius 3 is 1.74 bits per heavy atom. The Morgan fingerprint density at radius 2 is 1.30 bits per heavy atom. The second-order valence-electron chi connectivity index (χ2n) is 12.2. The molecule has 13 heteroatoms. The summed E-state index contributed by atoms with van der Waals surface area (Å²) in [5.74, 6) is -2.81. The van der Waals surface area contributed by atoms with Crippen molar-refractivity contribution in [3.8, 4) is 0 Å². The predicted molar refractivity (Wildman–Crippen MR) is 169 cm³/mol. The SMILES string of the molecule is CCCC(=O)N(C)[C@H](CSCC(=O)OC)C(=O)N(C)[C@@H](CC(C)C)C(=O)N[C@H](C(=O)N(C)[C@@H](CC(C)C)C(N)=O)C(C)C. The molecule has 3 N–H and O–H groups in total. The molecule has 0 saturated heterocycles. The summed E-state index contributed by atoms with van der Waals surface area (Å²) < 4.78 is 4.69. The van der Waals surface area contributed by atoms with Crippen LogP contribution in [-0.2, 0) is 33.5 Å². The molecule has 0 unspecified atom stereocenters. The van der Waals surface area contributed by atoms with Crippen LogP contribution < -0.4 is 11.1 Å². The molecule has 0 aromatic carbocycles. The number of nitrogens with one attached hydrogen (secondary N) is 1. The average Bonchev–Trinajstić information content (AvgIpc) is 2.92. The van der Waals surface area contributed by atoms with Gasteiger partial charge in [-0.05, 0) is 37.0 Å². The Kier molecular flexibility index (Phi) is 18.2. The van der Waals surface area contributed by atoms with E-state index in [-0.39, 0.29) is 41.6 Å². The van der Waals surface area contributed by atoms with Crippen molar-refractivity contribution in [2.75, 3.05) is 39.8 Å². The lowest BCUT2D eigenvalue weighted by atomic mass is 9.97. The number of primary amides is 1. The van der Waals surface area contributed by atoms with E-state index in [0.29, 0.717) is 19.3 Å². The second-order valence-corrected chi connectivity index (χ2v) is 13.2. The third-order valence-electron chi connectivity index (χ3n) is 7.21. The summed E-state index contributed by atoms with van der Waals surface area (Å²) in [5.41, 5.74) is 5.61. The van der Waals surface area contributed by atoms with Crippen LogP contribution in [0.1, 0.15) is 74.1 Å². The molecule has 0 aliphatic heterocycles. The fourth-order valence-electron chi connectivity index (χ4n) is 4.55. The minimum absolute atomic E-state index is 0.00448. The van der Waals surface area contributed by atoms with Gasteiger partial charge in [0.1, 0.15) is 24.2 Å². The highest BCUT2D eigenvalue weighted by Crippen LogP contribution is 2.19. The van der Waals surface area contributed by atoms with Gasteiger partial charge in [-0.3, -0.25) is 28.8 Å². The molecule has 4 atom stereocenters. The van der Waals surface area contributed by atoms with Crippen molar-refractivity contribution in [1.82, 2.24) is 20.0 Å². The molecule has 248 valence electrons. The van der Waals surface area contributed by atoms with Crippen molar-refractivity contribution >= 4 is 47.3 Å². The summed E-state index contributed by atoms with van der Waals surface area (Å²) >= 11 is 1.16. The van der Waals surface area contributed by atoms with Crippen LogP contribution in [0.25, 0.3) is 0 Å². The zero-order chi connectivity index (χ0) is 33.6. The predicted octanol–water partition coefficient (Wildman–Crippen LogP) is 1.89. The number of nitrogens with two attached hydrogens (primary N) is 1. The van der Waals surface area contributed by atoms with Crippen LogP contribution in [0, 0.1) is 17.8 Å². The molecule has 12 nitrogen and oxygen atoms in total. The van der Waals surface area contributed by atoms with Crippen LogP contribution in [0.5, 0.6) is 0 Å². The van der Waals surface area contributed by atoms with Gasteiger partial charge in [0, 0.05) is 33.3 Å². The number of likely N-dealkylation sites (N-methyl/N-ethyl adjacent to an activating group) is 3. The molecule has 0 heterocycles. The summed E-state index contributed by atoms with van der Waals surface area (Å²) in [6, 6.07) is -3.68. The number of nitrogens with zero attached hydrogens (tertiary/aromatic N) is 3. The number of hydrogen-bond donors (Lipinski definition) is 2. The van der Waals surface area contributed by atoms with Crippen molar-refractivity contribution < 1.29 is 33.5 Å². The van der Waals surface area contributed by atoms with Gasteiger partial charge >= 0.3 is 5.97 Å². The summed E-state index contributed by atoms with van der Waals surface area (Å²) in [4.78, 5) is 81.9. The molecule has 0 saturated carbocycles. The van der Waals surface area contributed by atoms with Crippen LogP contribution in [0.3, 0.4) is 0 Å². The number of carbonyl (C=O) groups excluding carboxylic acids is 6. The zero-order valence-corrected chi connectivity index (χ0v) is 28.8. The summed E-state index contributed by atoms with van der Waals surface area (Å²) in [7, 11) is 5.83. The van der Waals surface area contributed by atoms with E-state index in [1.807, 2.05) is 34.6 Å². The fourth-order valence-corrected chi connectivity index (χ4v) is 5.54. The first-order valence-corrected chi connectivity index (χ1v) is 16.1. The highest BCUT2D eigenvalue weighted by molar-refractivity contribution is 8.00. The van der Waals surface area contributed by atoms with Crippen molar-refractivity contribution in [3.05, 3.63) is 0 Å². The lowest BCUT2D eigenvalue weighted by molar-refractivity contribution is -0.148. The number of rotatable bonds is 19. The molecule has 0 radical (unpaired) electrons. The quantitative estimate of drug-likeness (QED) is 0.205. The van der Waals surface area contributed by atoms with E-state index in [0.717, 1.165) is 11.8 Å². The molecule has 43 heavy (non-hydrogen) atoms. The normalized spacial score (nSPS) is 14.1. The van der Waals surface area contributed by atoms with E-state index in [1.54, 1.807) is 20.9 Å². The van der Waals surface area contributed by atoms with Crippen LogP contribution in [0.4, 0.5) is 0 Å². The molecule has 0 spiro atoms. The smallest absolute Gasteiger partial charge is 0.315 e. The maximum atomic E-state index is 13.9. The maximum absolute atomic E-state index is 13.9. The monoisotopic (exact) mass is 629 g/mol. The van der Waals surface area contributed by atoms with E-state index in [1.165, 1.54) is 35.9 Å². The van der Waals surface area contributed by atoms with Crippen LogP contribution in [0.15, 0.2) is 0 Å². The second kappa shape index (κ2) is 19.4. The van der Waals surface area contributed by atoms with Crippen molar-refractivity contribution in [2.45, 2.75) is 98.3 Å². The van der Waals surface area contributed by atoms with Gasteiger partial charge in [-0.25, -0.2) is 0 Å². The van der Waals surface area contributed by atoms with E-state index in [2.05, 4.69) is 5.32 Å². The van der Waals surface area contributed by atoms with Gasteiger partial charge in [0.2, 0.25) is 29.5 Å². The summed E-state index contributed by atoms with van der Waals surface area (Å²) in [5, 5.41) is 2.84. The van der Waals surface area contributed by atoms with E-state index < -0.39 is 53.8 Å². The molecular weight excluding hydrogens is 574 g/mol. The molecule has 0 aromatic rings.